The lowest BCUT2D eigenvalue weighted by atomic mass is 9.92. The summed E-state index contributed by atoms with van der Waals surface area (Å²) in [5, 5.41) is 15.6. The molecule has 1 aromatic carbocycles. The molecule has 2 heterocycles. The molecule has 1 atom stereocenters. The number of benzene rings is 1. The molecule has 2 aromatic rings. The predicted octanol–water partition coefficient (Wildman–Crippen LogP) is 0.514. The van der Waals surface area contributed by atoms with Crippen LogP contribution in [-0.4, -0.2) is 44.9 Å². The first-order chi connectivity index (χ1) is 12.9. The van der Waals surface area contributed by atoms with Gasteiger partial charge in [0.1, 0.15) is 11.4 Å². The van der Waals surface area contributed by atoms with E-state index >= 15 is 0 Å². The Labute approximate surface area is 153 Å². The minimum Gasteiger partial charge on any atom is -0.348 e. The summed E-state index contributed by atoms with van der Waals surface area (Å²) < 4.78 is 13.0. The summed E-state index contributed by atoms with van der Waals surface area (Å²) in [4.78, 5) is 37.4. The fourth-order valence-electron chi connectivity index (χ4n) is 3.07. The van der Waals surface area contributed by atoms with E-state index in [1.807, 2.05) is 0 Å². The van der Waals surface area contributed by atoms with Crippen molar-refractivity contribution in [1.82, 2.24) is 30.9 Å². The van der Waals surface area contributed by atoms with Crippen molar-refractivity contribution in [2.24, 2.45) is 5.92 Å². The van der Waals surface area contributed by atoms with Crippen LogP contribution in [0.4, 0.5) is 9.18 Å². The van der Waals surface area contributed by atoms with E-state index < -0.39 is 23.4 Å². The zero-order chi connectivity index (χ0) is 19.0. The van der Waals surface area contributed by atoms with Crippen molar-refractivity contribution < 1.29 is 18.8 Å². The zero-order valence-corrected chi connectivity index (χ0v) is 14.2. The molecule has 4 amide bonds. The van der Waals surface area contributed by atoms with Crippen molar-refractivity contribution in [2.75, 3.05) is 6.54 Å². The number of nitrogens with zero attached hydrogens (tertiary/aromatic N) is 3. The molecule has 3 N–H and O–H groups in total. The smallest absolute Gasteiger partial charge is 0.322 e. The van der Waals surface area contributed by atoms with Gasteiger partial charge in [-0.05, 0) is 36.6 Å². The summed E-state index contributed by atoms with van der Waals surface area (Å²) in [6.07, 6.45) is 3.77. The summed E-state index contributed by atoms with van der Waals surface area (Å²) in [6.45, 7) is -0.0384. The van der Waals surface area contributed by atoms with Crippen LogP contribution in [0.15, 0.2) is 30.5 Å². The molecule has 1 aliphatic heterocycles. The number of aromatic nitrogens is 3. The minimum atomic E-state index is -1.14. The number of carbonyl (C=O) groups excluding carboxylic acids is 3. The van der Waals surface area contributed by atoms with E-state index in [2.05, 4.69) is 26.1 Å². The number of imide groups is 1. The van der Waals surface area contributed by atoms with Crippen molar-refractivity contribution in [3.05, 3.63) is 42.0 Å². The Bertz CT molecular complexity index is 908. The lowest BCUT2D eigenvalue weighted by molar-refractivity contribution is -0.124. The monoisotopic (exact) mass is 372 g/mol. The van der Waals surface area contributed by atoms with Crippen LogP contribution in [0.5, 0.6) is 0 Å². The van der Waals surface area contributed by atoms with Gasteiger partial charge in [-0.3, -0.25) is 14.9 Å². The van der Waals surface area contributed by atoms with Gasteiger partial charge in [0.05, 0.1) is 18.4 Å². The van der Waals surface area contributed by atoms with Crippen molar-refractivity contribution in [3.63, 3.8) is 0 Å². The van der Waals surface area contributed by atoms with Gasteiger partial charge >= 0.3 is 6.03 Å². The molecule has 0 bridgehead atoms. The third-order valence-electron chi connectivity index (χ3n) is 4.68. The first kappa shape index (κ1) is 17.1. The maximum Gasteiger partial charge on any atom is 0.322 e. The Morgan fingerprint density at radius 2 is 2.04 bits per heavy atom. The highest BCUT2D eigenvalue weighted by atomic mass is 19.1. The summed E-state index contributed by atoms with van der Waals surface area (Å²) in [5.74, 6) is -0.978. The molecule has 2 aliphatic rings. The fraction of sp³-hybridized carbons (Fsp3) is 0.353. The van der Waals surface area contributed by atoms with Crippen molar-refractivity contribution in [3.8, 4) is 5.69 Å². The lowest BCUT2D eigenvalue weighted by Gasteiger charge is -2.26. The zero-order valence-electron chi connectivity index (χ0n) is 14.2. The molecule has 0 spiro atoms. The van der Waals surface area contributed by atoms with Gasteiger partial charge in [-0.15, -0.1) is 5.10 Å². The van der Waals surface area contributed by atoms with E-state index in [1.54, 1.807) is 0 Å². The third-order valence-corrected chi connectivity index (χ3v) is 4.68. The van der Waals surface area contributed by atoms with E-state index in [0.29, 0.717) is 18.0 Å². The maximum absolute atomic E-state index is 13.0. The van der Waals surface area contributed by atoms with Gasteiger partial charge in [0, 0.05) is 0 Å². The molecule has 140 valence electrons. The molecular formula is C17H17FN6O3. The van der Waals surface area contributed by atoms with Crippen LogP contribution in [0.25, 0.3) is 5.69 Å². The molecule has 0 radical (unpaired) electrons. The Kier molecular flexibility index (Phi) is 4.09. The first-order valence-corrected chi connectivity index (χ1v) is 8.55. The Morgan fingerprint density at radius 1 is 1.30 bits per heavy atom. The van der Waals surface area contributed by atoms with Gasteiger partial charge in [0.25, 0.3) is 11.8 Å². The van der Waals surface area contributed by atoms with Crippen LogP contribution in [-0.2, 0) is 4.79 Å². The largest absolute Gasteiger partial charge is 0.348 e. The molecule has 10 heteroatoms. The number of hydrogen-bond donors (Lipinski definition) is 3. The third kappa shape index (κ3) is 3.50. The number of rotatable bonds is 6. The second-order valence-electron chi connectivity index (χ2n) is 6.82. The van der Waals surface area contributed by atoms with Gasteiger partial charge in [0.15, 0.2) is 5.69 Å². The second-order valence-corrected chi connectivity index (χ2v) is 6.82. The van der Waals surface area contributed by atoms with Crippen LogP contribution in [0.3, 0.4) is 0 Å². The van der Waals surface area contributed by atoms with Crippen molar-refractivity contribution >= 4 is 17.8 Å². The van der Waals surface area contributed by atoms with Crippen LogP contribution in [0.1, 0.15) is 29.8 Å². The molecule has 1 saturated heterocycles. The second kappa shape index (κ2) is 6.45. The summed E-state index contributed by atoms with van der Waals surface area (Å²) >= 11 is 0. The minimum absolute atomic E-state index is 0.0384. The average molecular weight is 372 g/mol. The SMILES string of the molecule is O=C1NC(=O)[C@](CNC(=O)c2cnn(-c3ccc(F)cc3)n2)(CC2CC2)N1. The predicted molar refractivity (Wildman–Crippen MR) is 90.4 cm³/mol. The highest BCUT2D eigenvalue weighted by Gasteiger charge is 2.49. The molecule has 4 rings (SSSR count). The van der Waals surface area contributed by atoms with Crippen molar-refractivity contribution in [1.29, 1.82) is 0 Å². The van der Waals surface area contributed by atoms with Crippen LogP contribution < -0.4 is 16.0 Å². The topological polar surface area (TPSA) is 118 Å². The Morgan fingerprint density at radius 3 is 2.67 bits per heavy atom. The Hall–Kier alpha value is -3.30. The number of amides is 4. The summed E-state index contributed by atoms with van der Waals surface area (Å²) in [5.41, 5.74) is -0.588. The van der Waals surface area contributed by atoms with Gasteiger partial charge in [-0.25, -0.2) is 9.18 Å². The van der Waals surface area contributed by atoms with Crippen LogP contribution >= 0.6 is 0 Å². The van der Waals surface area contributed by atoms with E-state index in [1.165, 1.54) is 35.3 Å². The number of halogens is 1. The number of hydrogen-bond acceptors (Lipinski definition) is 5. The maximum atomic E-state index is 13.0. The van der Waals surface area contributed by atoms with Gasteiger partial charge in [-0.1, -0.05) is 12.8 Å². The van der Waals surface area contributed by atoms with E-state index in [4.69, 9.17) is 0 Å². The molecule has 1 saturated carbocycles. The van der Waals surface area contributed by atoms with E-state index in [0.717, 1.165) is 12.8 Å². The lowest BCUT2D eigenvalue weighted by Crippen LogP contribution is -2.55. The summed E-state index contributed by atoms with van der Waals surface area (Å²) in [6, 6.07) is 4.94. The number of carbonyl (C=O) groups is 3. The number of urea groups is 1. The van der Waals surface area contributed by atoms with Gasteiger partial charge in [-0.2, -0.15) is 9.90 Å². The van der Waals surface area contributed by atoms with Crippen LogP contribution in [0.2, 0.25) is 0 Å². The van der Waals surface area contributed by atoms with Crippen molar-refractivity contribution in [2.45, 2.75) is 24.8 Å². The normalized spacial score (nSPS) is 21.7. The standard InChI is InChI=1S/C17H17FN6O3/c18-11-3-5-12(6-4-11)24-20-8-13(23-24)14(25)19-9-17(7-10-1-2-10)15(26)21-16(27)22-17/h3-6,8,10H,1-2,7,9H2,(H,19,25)(H2,21,22,26,27)/t17-/m1/s1. The molecule has 1 aliphatic carbocycles. The molecule has 27 heavy (non-hydrogen) atoms. The van der Waals surface area contributed by atoms with Gasteiger partial charge < -0.3 is 10.6 Å². The molecule has 1 aromatic heterocycles. The highest BCUT2D eigenvalue weighted by molar-refractivity contribution is 6.07. The first-order valence-electron chi connectivity index (χ1n) is 8.55. The molecule has 2 fully saturated rings. The molecule has 9 nitrogen and oxygen atoms in total. The number of nitrogens with one attached hydrogen (secondary N) is 3. The fourth-order valence-corrected chi connectivity index (χ4v) is 3.07. The van der Waals surface area contributed by atoms with Gasteiger partial charge in [0.2, 0.25) is 0 Å². The summed E-state index contributed by atoms with van der Waals surface area (Å²) in [7, 11) is 0. The molecule has 0 unspecified atom stereocenters. The van der Waals surface area contributed by atoms with E-state index in [9.17, 15) is 18.8 Å². The quantitative estimate of drug-likeness (QED) is 0.639. The molecular weight excluding hydrogens is 355 g/mol. The average Bonchev–Trinajstić information content (AvgIpc) is 3.22. The van der Waals surface area contributed by atoms with E-state index in [-0.39, 0.29) is 18.1 Å². The highest BCUT2D eigenvalue weighted by Crippen LogP contribution is 2.37. The Balaban J connectivity index is 1.45. The van der Waals surface area contributed by atoms with Crippen LogP contribution in [0, 0.1) is 11.7 Å².